The summed E-state index contributed by atoms with van der Waals surface area (Å²) in [6.07, 6.45) is 8.24. The highest BCUT2D eigenvalue weighted by Gasteiger charge is 2.19. The van der Waals surface area contributed by atoms with Gasteiger partial charge in [0.05, 0.1) is 40.3 Å². The van der Waals surface area contributed by atoms with Gasteiger partial charge < -0.3 is 20.3 Å². The van der Waals surface area contributed by atoms with Gasteiger partial charge in [0, 0.05) is 31.4 Å². The van der Waals surface area contributed by atoms with E-state index in [1.54, 1.807) is 24.5 Å². The van der Waals surface area contributed by atoms with E-state index in [9.17, 15) is 9.90 Å². The van der Waals surface area contributed by atoms with Crippen molar-refractivity contribution in [2.75, 3.05) is 36.4 Å². The Balaban J connectivity index is 1.32. The van der Waals surface area contributed by atoms with E-state index in [4.69, 9.17) is 0 Å². The fraction of sp³-hybridized carbons (Fsp3) is 0.367. The second kappa shape index (κ2) is 11.1. The third kappa shape index (κ3) is 5.65. The van der Waals surface area contributed by atoms with Gasteiger partial charge in [0.1, 0.15) is 11.6 Å². The number of nitrogens with zero attached hydrogens (tertiary/aromatic N) is 4. The molecule has 1 aromatic carbocycles. The first-order chi connectivity index (χ1) is 19.0. The third-order valence-corrected chi connectivity index (χ3v) is 7.73. The molecule has 0 atom stereocenters. The van der Waals surface area contributed by atoms with Crippen molar-refractivity contribution >= 4 is 28.1 Å². The van der Waals surface area contributed by atoms with Gasteiger partial charge in [-0.2, -0.15) is 0 Å². The van der Waals surface area contributed by atoms with Crippen LogP contribution < -0.4 is 15.8 Å². The summed E-state index contributed by atoms with van der Waals surface area (Å²) >= 11 is 0. The molecular formula is C30H33FN6O2. The van der Waals surface area contributed by atoms with Crippen LogP contribution in [-0.4, -0.2) is 57.2 Å². The molecule has 4 aromatic rings. The first-order valence-corrected chi connectivity index (χ1v) is 13.7. The predicted molar refractivity (Wildman–Crippen MR) is 152 cm³/mol. The standard InChI is InChI=1S/C30H33FN6O2/c31-24-6-4-20(19-36-12-2-1-3-13-36)16-23(24)26-17-27(29-25(34-26)8-11-32-30(29)39)35-28-7-5-21(18-33-28)37-14-9-22(38)10-15-37/h4-8,11,16-18,22,38H,1-3,9-10,12-15,19H2,(H,32,39)(H,33,34,35). The molecule has 6 rings (SSSR count). The molecule has 0 aliphatic carbocycles. The lowest BCUT2D eigenvalue weighted by atomic mass is 10.0. The molecule has 0 unspecified atom stereocenters. The average molecular weight is 529 g/mol. The van der Waals surface area contributed by atoms with E-state index >= 15 is 4.39 Å². The van der Waals surface area contributed by atoms with Gasteiger partial charge in [-0.3, -0.25) is 9.69 Å². The molecule has 9 heteroatoms. The molecule has 5 heterocycles. The number of aromatic nitrogens is 3. The number of anilines is 3. The van der Waals surface area contributed by atoms with Gasteiger partial charge in [0.2, 0.25) is 0 Å². The zero-order chi connectivity index (χ0) is 26.8. The van der Waals surface area contributed by atoms with E-state index in [1.165, 1.54) is 25.3 Å². The number of hydrogen-bond donors (Lipinski definition) is 3. The summed E-state index contributed by atoms with van der Waals surface area (Å²) in [5.74, 6) is 0.214. The van der Waals surface area contributed by atoms with Crippen LogP contribution in [0.5, 0.6) is 0 Å². The fourth-order valence-corrected chi connectivity index (χ4v) is 5.58. The molecule has 0 bridgehead atoms. The zero-order valence-electron chi connectivity index (χ0n) is 21.9. The summed E-state index contributed by atoms with van der Waals surface area (Å²) < 4.78 is 15.1. The summed E-state index contributed by atoms with van der Waals surface area (Å²) in [6, 6.07) is 12.5. The molecule has 202 valence electrons. The van der Waals surface area contributed by atoms with Gasteiger partial charge in [-0.05, 0) is 80.7 Å². The minimum atomic E-state index is -0.353. The molecule has 3 aromatic heterocycles. The van der Waals surface area contributed by atoms with E-state index in [2.05, 4.69) is 30.1 Å². The Morgan fingerprint density at radius 2 is 1.85 bits per heavy atom. The zero-order valence-corrected chi connectivity index (χ0v) is 21.9. The summed E-state index contributed by atoms with van der Waals surface area (Å²) in [7, 11) is 0. The van der Waals surface area contributed by atoms with Crippen LogP contribution >= 0.6 is 0 Å². The SMILES string of the molecule is O=c1[nH]ccc2nc(-c3cc(CN4CCCCC4)ccc3F)cc(Nc3ccc(N4CCC(O)CC4)cn3)c12. The molecule has 39 heavy (non-hydrogen) atoms. The topological polar surface area (TPSA) is 97.4 Å². The van der Waals surface area contributed by atoms with E-state index in [-0.39, 0.29) is 17.5 Å². The number of halogens is 1. The molecule has 0 radical (unpaired) electrons. The number of fused-ring (bicyclic) bond motifs is 1. The van der Waals surface area contributed by atoms with Crippen LogP contribution in [0.25, 0.3) is 22.2 Å². The van der Waals surface area contributed by atoms with Crippen molar-refractivity contribution in [3.05, 3.63) is 76.6 Å². The number of aliphatic hydroxyl groups excluding tert-OH is 1. The lowest BCUT2D eigenvalue weighted by Crippen LogP contribution is -2.35. The maximum atomic E-state index is 15.1. The van der Waals surface area contributed by atoms with E-state index in [1.807, 2.05) is 24.3 Å². The molecule has 3 N–H and O–H groups in total. The Labute approximate surface area is 226 Å². The number of aromatic amines is 1. The van der Waals surface area contributed by atoms with Crippen LogP contribution in [0.4, 0.5) is 21.6 Å². The quantitative estimate of drug-likeness (QED) is 0.330. The highest BCUT2D eigenvalue weighted by molar-refractivity contribution is 5.94. The average Bonchev–Trinajstić information content (AvgIpc) is 2.95. The number of pyridine rings is 3. The molecule has 0 spiro atoms. The Morgan fingerprint density at radius 3 is 2.62 bits per heavy atom. The minimum Gasteiger partial charge on any atom is -0.393 e. The Morgan fingerprint density at radius 1 is 1.03 bits per heavy atom. The van der Waals surface area contributed by atoms with Gasteiger partial charge >= 0.3 is 0 Å². The summed E-state index contributed by atoms with van der Waals surface area (Å²) in [6.45, 7) is 4.46. The highest BCUT2D eigenvalue weighted by atomic mass is 19.1. The number of benzene rings is 1. The van der Waals surface area contributed by atoms with Crippen molar-refractivity contribution in [1.82, 2.24) is 19.9 Å². The maximum Gasteiger partial charge on any atom is 0.259 e. The monoisotopic (exact) mass is 528 g/mol. The Hall–Kier alpha value is -3.82. The largest absolute Gasteiger partial charge is 0.393 e. The molecule has 2 aliphatic heterocycles. The molecule has 8 nitrogen and oxygen atoms in total. The lowest BCUT2D eigenvalue weighted by molar-refractivity contribution is 0.145. The van der Waals surface area contributed by atoms with Gasteiger partial charge in [-0.1, -0.05) is 12.5 Å². The molecule has 2 aliphatic rings. The molecule has 0 saturated carbocycles. The van der Waals surface area contributed by atoms with Crippen molar-refractivity contribution in [2.24, 2.45) is 0 Å². The Kier molecular flexibility index (Phi) is 7.26. The summed E-state index contributed by atoms with van der Waals surface area (Å²) in [4.78, 5) is 29.4. The van der Waals surface area contributed by atoms with Gasteiger partial charge in [-0.15, -0.1) is 0 Å². The number of rotatable bonds is 6. The lowest BCUT2D eigenvalue weighted by Gasteiger charge is -2.31. The normalized spacial score (nSPS) is 17.0. The van der Waals surface area contributed by atoms with E-state index in [0.717, 1.165) is 56.8 Å². The van der Waals surface area contributed by atoms with Crippen LogP contribution in [-0.2, 0) is 6.54 Å². The van der Waals surface area contributed by atoms with Crippen molar-refractivity contribution in [3.63, 3.8) is 0 Å². The minimum absolute atomic E-state index is 0.238. The second-order valence-corrected chi connectivity index (χ2v) is 10.5. The number of aliphatic hydroxyl groups is 1. The van der Waals surface area contributed by atoms with Crippen molar-refractivity contribution < 1.29 is 9.50 Å². The van der Waals surface area contributed by atoms with Crippen LogP contribution in [0.1, 0.15) is 37.7 Å². The predicted octanol–water partition coefficient (Wildman–Crippen LogP) is 4.81. The second-order valence-electron chi connectivity index (χ2n) is 10.5. The van der Waals surface area contributed by atoms with E-state index in [0.29, 0.717) is 33.7 Å². The number of piperidine rings is 2. The van der Waals surface area contributed by atoms with Crippen molar-refractivity contribution in [3.8, 4) is 11.3 Å². The number of likely N-dealkylation sites (tertiary alicyclic amines) is 1. The van der Waals surface area contributed by atoms with Gasteiger partial charge in [0.25, 0.3) is 5.56 Å². The molecule has 2 saturated heterocycles. The molecule has 2 fully saturated rings. The Bertz CT molecular complexity index is 1510. The number of hydrogen-bond acceptors (Lipinski definition) is 7. The third-order valence-electron chi connectivity index (χ3n) is 7.73. The van der Waals surface area contributed by atoms with Crippen LogP contribution in [0, 0.1) is 5.82 Å². The van der Waals surface area contributed by atoms with Gasteiger partial charge in [-0.25, -0.2) is 14.4 Å². The maximum absolute atomic E-state index is 15.1. The van der Waals surface area contributed by atoms with Gasteiger partial charge in [0.15, 0.2) is 0 Å². The first kappa shape index (κ1) is 25.5. The first-order valence-electron chi connectivity index (χ1n) is 13.7. The smallest absolute Gasteiger partial charge is 0.259 e. The van der Waals surface area contributed by atoms with Crippen LogP contribution in [0.15, 0.2) is 59.7 Å². The van der Waals surface area contributed by atoms with E-state index < -0.39 is 0 Å². The van der Waals surface area contributed by atoms with Crippen LogP contribution in [0.2, 0.25) is 0 Å². The fourth-order valence-electron chi connectivity index (χ4n) is 5.58. The van der Waals surface area contributed by atoms with Crippen LogP contribution in [0.3, 0.4) is 0 Å². The molecule has 0 amide bonds. The number of nitrogens with one attached hydrogen (secondary N) is 2. The molecular weight excluding hydrogens is 495 g/mol. The number of H-pyrrole nitrogens is 1. The summed E-state index contributed by atoms with van der Waals surface area (Å²) in [5, 5.41) is 13.5. The summed E-state index contributed by atoms with van der Waals surface area (Å²) in [5.41, 5.74) is 3.60. The van der Waals surface area contributed by atoms with Crippen molar-refractivity contribution in [1.29, 1.82) is 0 Å². The van der Waals surface area contributed by atoms with Crippen molar-refractivity contribution in [2.45, 2.75) is 44.8 Å². The highest BCUT2D eigenvalue weighted by Crippen LogP contribution is 2.31.